The minimum Gasteiger partial charge on any atom is -0.496 e. The van der Waals surface area contributed by atoms with E-state index in [1.807, 2.05) is 0 Å². The van der Waals surface area contributed by atoms with Crippen molar-refractivity contribution in [3.63, 3.8) is 0 Å². The summed E-state index contributed by atoms with van der Waals surface area (Å²) in [4.78, 5) is 28.7. The molecule has 0 fully saturated rings. The quantitative estimate of drug-likeness (QED) is 0.543. The summed E-state index contributed by atoms with van der Waals surface area (Å²) in [5, 5.41) is 4.51. The molecule has 0 atom stereocenters. The molecule has 0 aliphatic heterocycles. The lowest BCUT2D eigenvalue weighted by molar-refractivity contribution is -0.137. The van der Waals surface area contributed by atoms with E-state index in [0.717, 1.165) is 12.1 Å². The molecule has 3 rings (SSSR count). The molecule has 0 aliphatic rings. The normalized spacial score (nSPS) is 10.8. The van der Waals surface area contributed by atoms with Crippen LogP contribution >= 0.6 is 0 Å². The first-order valence-electron chi connectivity index (χ1n) is 9.35. The number of anilines is 1. The molecule has 8 nitrogen and oxygen atoms in total. The zero-order valence-electron chi connectivity index (χ0n) is 17.4. The van der Waals surface area contributed by atoms with E-state index in [-0.39, 0.29) is 34.4 Å². The van der Waals surface area contributed by atoms with Gasteiger partial charge in [0.05, 0.1) is 26.0 Å². The number of rotatable bonds is 6. The van der Waals surface area contributed by atoms with Crippen molar-refractivity contribution in [2.24, 2.45) is 0 Å². The molecule has 33 heavy (non-hydrogen) atoms. The van der Waals surface area contributed by atoms with E-state index in [1.165, 1.54) is 44.7 Å². The highest BCUT2D eigenvalue weighted by molar-refractivity contribution is 6.10. The van der Waals surface area contributed by atoms with E-state index < -0.39 is 23.7 Å². The number of aromatic nitrogens is 1. The number of imide groups is 1. The largest absolute Gasteiger partial charge is 0.496 e. The third kappa shape index (κ3) is 5.91. The highest BCUT2D eigenvalue weighted by Gasteiger charge is 2.30. The first-order valence-corrected chi connectivity index (χ1v) is 9.35. The van der Waals surface area contributed by atoms with Crippen LogP contribution in [0.4, 0.5) is 23.8 Å². The van der Waals surface area contributed by atoms with Crippen LogP contribution in [0.2, 0.25) is 0 Å². The molecule has 0 unspecified atom stereocenters. The Morgan fingerprint density at radius 1 is 0.909 bits per heavy atom. The summed E-state index contributed by atoms with van der Waals surface area (Å²) in [5.41, 5.74) is -0.810. The molecule has 3 amide bonds. The Balaban J connectivity index is 1.64. The van der Waals surface area contributed by atoms with Gasteiger partial charge in [0.2, 0.25) is 0 Å². The van der Waals surface area contributed by atoms with Gasteiger partial charge >= 0.3 is 12.2 Å². The van der Waals surface area contributed by atoms with Crippen molar-refractivity contribution >= 4 is 17.8 Å². The molecule has 2 N–H and O–H groups in total. The van der Waals surface area contributed by atoms with E-state index in [4.69, 9.17) is 14.2 Å². The Morgan fingerprint density at radius 3 is 2.15 bits per heavy atom. The predicted molar refractivity (Wildman–Crippen MR) is 112 cm³/mol. The number of benzene rings is 2. The van der Waals surface area contributed by atoms with E-state index in [1.54, 1.807) is 18.2 Å². The lowest BCUT2D eigenvalue weighted by Gasteiger charge is -2.13. The Kier molecular flexibility index (Phi) is 7.01. The average molecular weight is 461 g/mol. The van der Waals surface area contributed by atoms with Gasteiger partial charge in [0.25, 0.3) is 5.91 Å². The molecule has 2 aromatic carbocycles. The van der Waals surface area contributed by atoms with Gasteiger partial charge in [-0.05, 0) is 42.5 Å². The van der Waals surface area contributed by atoms with Crippen molar-refractivity contribution in [3.8, 4) is 23.0 Å². The summed E-state index contributed by atoms with van der Waals surface area (Å²) in [7, 11) is 2.75. The Labute approximate surface area is 186 Å². The van der Waals surface area contributed by atoms with Gasteiger partial charge < -0.3 is 14.2 Å². The van der Waals surface area contributed by atoms with Crippen molar-refractivity contribution < 1.29 is 37.0 Å². The first kappa shape index (κ1) is 23.4. The Bertz CT molecular complexity index is 1130. The molecule has 0 saturated heterocycles. The molecule has 0 spiro atoms. The topological polar surface area (TPSA) is 98.8 Å². The van der Waals surface area contributed by atoms with Gasteiger partial charge in [0.1, 0.15) is 34.4 Å². The van der Waals surface area contributed by atoms with Crippen LogP contribution in [0.3, 0.4) is 0 Å². The predicted octanol–water partition coefficient (Wildman–Crippen LogP) is 4.87. The van der Waals surface area contributed by atoms with Crippen molar-refractivity contribution in [3.05, 3.63) is 71.9 Å². The number of nitrogens with zero attached hydrogens (tertiary/aromatic N) is 1. The maximum Gasteiger partial charge on any atom is 0.416 e. The molecule has 1 heterocycles. The summed E-state index contributed by atoms with van der Waals surface area (Å²) in [6.45, 7) is 0. The van der Waals surface area contributed by atoms with Crippen LogP contribution in [-0.4, -0.2) is 31.1 Å². The summed E-state index contributed by atoms with van der Waals surface area (Å²) >= 11 is 0. The summed E-state index contributed by atoms with van der Waals surface area (Å²) in [6.07, 6.45) is -3.29. The molecule has 0 saturated carbocycles. The lowest BCUT2D eigenvalue weighted by Crippen LogP contribution is -2.35. The van der Waals surface area contributed by atoms with Gasteiger partial charge in [-0.15, -0.1) is 0 Å². The Morgan fingerprint density at radius 2 is 1.58 bits per heavy atom. The number of nitrogens with one attached hydrogen (secondary N) is 2. The average Bonchev–Trinajstić information content (AvgIpc) is 2.79. The Hall–Kier alpha value is -4.28. The van der Waals surface area contributed by atoms with Crippen molar-refractivity contribution in [2.75, 3.05) is 19.5 Å². The third-order valence-electron chi connectivity index (χ3n) is 4.26. The number of amides is 3. The SMILES string of the molecule is COc1cccc(OC)c1C(=O)NC(=O)Nc1ccc(Oc2cccc(C(F)(F)F)c2)cn1. The van der Waals surface area contributed by atoms with E-state index in [0.29, 0.717) is 0 Å². The zero-order chi connectivity index (χ0) is 24.0. The smallest absolute Gasteiger partial charge is 0.416 e. The summed E-state index contributed by atoms with van der Waals surface area (Å²) in [6, 6.07) is 11.0. The van der Waals surface area contributed by atoms with Crippen LogP contribution in [0.1, 0.15) is 15.9 Å². The van der Waals surface area contributed by atoms with Crippen LogP contribution < -0.4 is 24.8 Å². The number of carbonyl (C=O) groups excluding carboxylic acids is 2. The number of methoxy groups -OCH3 is 2. The van der Waals surface area contributed by atoms with Crippen molar-refractivity contribution in [2.45, 2.75) is 6.18 Å². The molecule has 0 radical (unpaired) electrons. The fourth-order valence-corrected chi connectivity index (χ4v) is 2.77. The molecule has 3 aromatic rings. The van der Waals surface area contributed by atoms with Crippen LogP contribution in [0.5, 0.6) is 23.0 Å². The minimum atomic E-state index is -4.50. The number of carbonyl (C=O) groups is 2. The third-order valence-corrected chi connectivity index (χ3v) is 4.26. The summed E-state index contributed by atoms with van der Waals surface area (Å²) < 4.78 is 54.1. The second-order valence-electron chi connectivity index (χ2n) is 6.45. The van der Waals surface area contributed by atoms with Crippen molar-refractivity contribution in [1.29, 1.82) is 0 Å². The van der Waals surface area contributed by atoms with Gasteiger partial charge in [-0.3, -0.25) is 15.4 Å². The van der Waals surface area contributed by atoms with Crippen LogP contribution in [0.25, 0.3) is 0 Å². The van der Waals surface area contributed by atoms with Gasteiger partial charge in [0, 0.05) is 0 Å². The molecule has 0 bridgehead atoms. The molecular weight excluding hydrogens is 443 g/mol. The standard InChI is InChI=1S/C22H18F3N3O5/c1-31-16-7-4-8-17(32-2)19(16)20(29)28-21(30)27-18-10-9-15(12-26-18)33-14-6-3-5-13(11-14)22(23,24)25/h3-12H,1-2H3,(H2,26,27,28,29,30). The van der Waals surface area contributed by atoms with Gasteiger partial charge in [-0.25, -0.2) is 9.78 Å². The monoisotopic (exact) mass is 461 g/mol. The van der Waals surface area contributed by atoms with E-state index in [9.17, 15) is 22.8 Å². The lowest BCUT2D eigenvalue weighted by atomic mass is 10.1. The minimum absolute atomic E-state index is 0.0265. The number of halogens is 3. The maximum atomic E-state index is 12.8. The molecule has 172 valence electrons. The number of hydrogen-bond donors (Lipinski definition) is 2. The number of hydrogen-bond acceptors (Lipinski definition) is 6. The maximum absolute atomic E-state index is 12.8. The molecule has 0 aliphatic carbocycles. The first-order chi connectivity index (χ1) is 15.7. The fraction of sp³-hybridized carbons (Fsp3) is 0.136. The van der Waals surface area contributed by atoms with E-state index in [2.05, 4.69) is 15.6 Å². The number of ether oxygens (including phenoxy) is 3. The number of alkyl halides is 3. The van der Waals surface area contributed by atoms with Gasteiger partial charge in [-0.1, -0.05) is 12.1 Å². The van der Waals surface area contributed by atoms with Crippen LogP contribution in [0.15, 0.2) is 60.8 Å². The van der Waals surface area contributed by atoms with Crippen LogP contribution in [0, 0.1) is 0 Å². The second kappa shape index (κ2) is 9.90. The molecule has 11 heteroatoms. The van der Waals surface area contributed by atoms with E-state index >= 15 is 0 Å². The molecule has 1 aromatic heterocycles. The number of pyridine rings is 1. The second-order valence-corrected chi connectivity index (χ2v) is 6.45. The van der Waals surface area contributed by atoms with Gasteiger partial charge in [-0.2, -0.15) is 13.2 Å². The zero-order valence-corrected chi connectivity index (χ0v) is 17.4. The molecular formula is C22H18F3N3O5. The van der Waals surface area contributed by atoms with Crippen molar-refractivity contribution in [1.82, 2.24) is 10.3 Å². The van der Waals surface area contributed by atoms with Crippen LogP contribution in [-0.2, 0) is 6.18 Å². The highest BCUT2D eigenvalue weighted by atomic mass is 19.4. The van der Waals surface area contributed by atoms with Gasteiger partial charge in [0.15, 0.2) is 0 Å². The fourth-order valence-electron chi connectivity index (χ4n) is 2.77. The number of urea groups is 1. The summed E-state index contributed by atoms with van der Waals surface area (Å²) in [5.74, 6) is -0.130. The highest BCUT2D eigenvalue weighted by Crippen LogP contribution is 2.32.